The number of hydrogen-bond donors (Lipinski definition) is 1. The maximum Gasteiger partial charge on any atom is 0.119 e. The molecule has 2 rings (SSSR count). The lowest BCUT2D eigenvalue weighted by Crippen LogP contribution is -2.45. The fourth-order valence-electron chi connectivity index (χ4n) is 3.33. The lowest BCUT2D eigenvalue weighted by atomic mass is 9.64. The molecule has 0 bridgehead atoms. The minimum absolute atomic E-state index is 0.310. The highest BCUT2D eigenvalue weighted by atomic mass is 79.9. The van der Waals surface area contributed by atoms with Gasteiger partial charge >= 0.3 is 0 Å². The molecule has 1 fully saturated rings. The van der Waals surface area contributed by atoms with E-state index in [1.807, 2.05) is 18.2 Å². The molecule has 2 atom stereocenters. The normalized spacial score (nSPS) is 29.2. The van der Waals surface area contributed by atoms with Crippen LogP contribution in [0.4, 0.5) is 0 Å². The van der Waals surface area contributed by atoms with E-state index >= 15 is 0 Å². The van der Waals surface area contributed by atoms with Crippen LogP contribution in [0.15, 0.2) is 22.7 Å². The molecule has 0 heterocycles. The van der Waals surface area contributed by atoms with E-state index < -0.39 is 5.60 Å². The minimum atomic E-state index is -0.607. The first-order valence-corrected chi connectivity index (χ1v) is 8.10. The maximum atomic E-state index is 11.1. The lowest BCUT2D eigenvalue weighted by molar-refractivity contribution is -0.0705. The van der Waals surface area contributed by atoms with Crippen molar-refractivity contribution in [1.82, 2.24) is 0 Å². The Balaban J connectivity index is 2.20. The van der Waals surface area contributed by atoms with Crippen molar-refractivity contribution in [2.75, 3.05) is 7.11 Å². The Kier molecular flexibility index (Phi) is 4.50. The predicted octanol–water partition coefficient (Wildman–Crippen LogP) is 4.58. The highest BCUT2D eigenvalue weighted by Gasteiger charge is 2.42. The highest BCUT2D eigenvalue weighted by Crippen LogP contribution is 2.45. The largest absolute Gasteiger partial charge is 0.497 e. The molecule has 112 valence electrons. The van der Waals surface area contributed by atoms with Crippen LogP contribution in [0.5, 0.6) is 5.75 Å². The summed E-state index contributed by atoms with van der Waals surface area (Å²) < 4.78 is 6.33. The second kappa shape index (κ2) is 5.69. The van der Waals surface area contributed by atoms with E-state index in [1.54, 1.807) is 7.11 Å². The minimum Gasteiger partial charge on any atom is -0.497 e. The number of benzene rings is 1. The molecule has 1 saturated carbocycles. The third-order valence-electron chi connectivity index (χ3n) is 4.76. The Labute approximate surface area is 130 Å². The zero-order chi connectivity index (χ0) is 15.0. The van der Waals surface area contributed by atoms with Gasteiger partial charge in [-0.3, -0.25) is 0 Å². The van der Waals surface area contributed by atoms with Crippen molar-refractivity contribution in [2.45, 2.75) is 52.1 Å². The second-order valence-corrected chi connectivity index (χ2v) is 7.86. The summed E-state index contributed by atoms with van der Waals surface area (Å²) in [6.07, 6.45) is 3.70. The molecule has 1 aromatic carbocycles. The Bertz CT molecular complexity index is 484. The van der Waals surface area contributed by atoms with E-state index in [0.717, 1.165) is 35.0 Å². The van der Waals surface area contributed by atoms with Crippen molar-refractivity contribution in [1.29, 1.82) is 0 Å². The molecule has 3 heteroatoms. The molecule has 2 unspecified atom stereocenters. The summed E-state index contributed by atoms with van der Waals surface area (Å²) in [5.41, 5.74) is 0.861. The van der Waals surface area contributed by atoms with Crippen molar-refractivity contribution in [3.05, 3.63) is 28.2 Å². The van der Waals surface area contributed by atoms with E-state index in [0.29, 0.717) is 17.8 Å². The molecule has 0 saturated heterocycles. The van der Waals surface area contributed by atoms with Crippen molar-refractivity contribution < 1.29 is 9.84 Å². The first kappa shape index (κ1) is 15.8. The summed E-state index contributed by atoms with van der Waals surface area (Å²) >= 11 is 3.59. The fraction of sp³-hybridized carbons (Fsp3) is 0.647. The quantitative estimate of drug-likeness (QED) is 0.872. The number of hydrogen-bond acceptors (Lipinski definition) is 2. The maximum absolute atomic E-state index is 11.1. The van der Waals surface area contributed by atoms with Gasteiger partial charge in [0.2, 0.25) is 0 Å². The predicted molar refractivity (Wildman–Crippen MR) is 86.1 cm³/mol. The number of rotatable bonds is 3. The van der Waals surface area contributed by atoms with Crippen LogP contribution in [0.3, 0.4) is 0 Å². The Morgan fingerprint density at radius 1 is 1.35 bits per heavy atom. The van der Waals surface area contributed by atoms with Crippen molar-refractivity contribution in [3.63, 3.8) is 0 Å². The monoisotopic (exact) mass is 340 g/mol. The zero-order valence-corrected chi connectivity index (χ0v) is 14.5. The van der Waals surface area contributed by atoms with Gasteiger partial charge < -0.3 is 9.84 Å². The smallest absolute Gasteiger partial charge is 0.119 e. The van der Waals surface area contributed by atoms with Gasteiger partial charge in [-0.05, 0) is 54.4 Å². The summed E-state index contributed by atoms with van der Waals surface area (Å²) in [4.78, 5) is 0. The summed E-state index contributed by atoms with van der Waals surface area (Å²) in [7, 11) is 1.67. The third-order valence-corrected chi connectivity index (χ3v) is 5.53. The highest BCUT2D eigenvalue weighted by molar-refractivity contribution is 9.10. The molecule has 1 aliphatic rings. The van der Waals surface area contributed by atoms with Crippen LogP contribution in [0.2, 0.25) is 0 Å². The van der Waals surface area contributed by atoms with Crippen molar-refractivity contribution in [2.24, 2.45) is 11.3 Å². The van der Waals surface area contributed by atoms with Crippen molar-refractivity contribution in [3.8, 4) is 5.75 Å². The van der Waals surface area contributed by atoms with Crippen LogP contribution in [0.25, 0.3) is 0 Å². The SMILES string of the molecule is COc1ccc(Br)c(CC2(O)CCC(C)(C)CC2C)c1. The summed E-state index contributed by atoms with van der Waals surface area (Å²) in [6, 6.07) is 5.95. The van der Waals surface area contributed by atoms with Crippen LogP contribution >= 0.6 is 15.9 Å². The van der Waals surface area contributed by atoms with E-state index in [2.05, 4.69) is 36.7 Å². The standard InChI is InChI=1S/C17H25BrO2/c1-12-10-16(2,3)7-8-17(12,19)11-13-9-14(20-4)5-6-15(13)18/h5-6,9,12,19H,7-8,10-11H2,1-4H3. The molecule has 1 aliphatic carbocycles. The molecular formula is C17H25BrO2. The van der Waals surface area contributed by atoms with Gasteiger partial charge in [-0.25, -0.2) is 0 Å². The number of methoxy groups -OCH3 is 1. The van der Waals surface area contributed by atoms with Crippen molar-refractivity contribution >= 4 is 15.9 Å². The van der Waals surface area contributed by atoms with E-state index in [1.165, 1.54) is 0 Å². The van der Waals surface area contributed by atoms with Gasteiger partial charge in [0.05, 0.1) is 12.7 Å². The van der Waals surface area contributed by atoms with Gasteiger partial charge in [-0.1, -0.05) is 36.7 Å². The number of ether oxygens (including phenoxy) is 1. The van der Waals surface area contributed by atoms with Gasteiger partial charge in [0, 0.05) is 10.9 Å². The van der Waals surface area contributed by atoms with Gasteiger partial charge in [0.1, 0.15) is 5.75 Å². The van der Waals surface area contributed by atoms with Crippen LogP contribution < -0.4 is 4.74 Å². The lowest BCUT2D eigenvalue weighted by Gasteiger charge is -2.45. The van der Waals surface area contributed by atoms with Gasteiger partial charge in [-0.15, -0.1) is 0 Å². The van der Waals surface area contributed by atoms with Crippen LogP contribution in [-0.2, 0) is 6.42 Å². The first-order valence-electron chi connectivity index (χ1n) is 7.31. The number of halogens is 1. The van der Waals surface area contributed by atoms with E-state index in [-0.39, 0.29) is 0 Å². The Morgan fingerprint density at radius 3 is 2.65 bits per heavy atom. The van der Waals surface area contributed by atoms with Gasteiger partial charge in [0.25, 0.3) is 0 Å². The van der Waals surface area contributed by atoms with E-state index in [9.17, 15) is 5.11 Å². The molecule has 1 aromatic rings. The molecule has 0 amide bonds. The third kappa shape index (κ3) is 3.37. The fourth-order valence-corrected chi connectivity index (χ4v) is 3.71. The zero-order valence-electron chi connectivity index (χ0n) is 12.9. The molecule has 2 nitrogen and oxygen atoms in total. The van der Waals surface area contributed by atoms with Crippen LogP contribution in [0, 0.1) is 11.3 Å². The second-order valence-electron chi connectivity index (χ2n) is 7.01. The molecular weight excluding hydrogens is 316 g/mol. The Hall–Kier alpha value is -0.540. The van der Waals surface area contributed by atoms with Gasteiger partial charge in [0.15, 0.2) is 0 Å². The molecule has 20 heavy (non-hydrogen) atoms. The topological polar surface area (TPSA) is 29.5 Å². The molecule has 0 aromatic heterocycles. The summed E-state index contributed by atoms with van der Waals surface area (Å²) in [5.74, 6) is 1.15. The molecule has 0 aliphatic heterocycles. The number of aliphatic hydroxyl groups is 1. The van der Waals surface area contributed by atoms with Crippen LogP contribution in [0.1, 0.15) is 45.6 Å². The summed E-state index contributed by atoms with van der Waals surface area (Å²) in [6.45, 7) is 6.77. The van der Waals surface area contributed by atoms with E-state index in [4.69, 9.17) is 4.74 Å². The van der Waals surface area contributed by atoms with Gasteiger partial charge in [-0.2, -0.15) is 0 Å². The first-order chi connectivity index (χ1) is 9.26. The average molecular weight is 341 g/mol. The summed E-state index contributed by atoms with van der Waals surface area (Å²) in [5, 5.41) is 11.1. The average Bonchev–Trinajstić information content (AvgIpc) is 2.37. The molecule has 0 spiro atoms. The van der Waals surface area contributed by atoms with Crippen LogP contribution in [-0.4, -0.2) is 17.8 Å². The Morgan fingerprint density at radius 2 is 2.05 bits per heavy atom. The molecule has 0 radical (unpaired) electrons. The molecule has 1 N–H and O–H groups in total.